The SMILES string of the molecule is C=C(C#N)C(=O)CC[C@@H](NC(=O)[C@@H](CC(=O)NC)Cc1nc2ccc(CC)cc2s1)C1CCOCC1. The van der Waals surface area contributed by atoms with Crippen LogP contribution in [0.25, 0.3) is 10.2 Å². The number of ketones is 1. The molecule has 2 heterocycles. The number of fused-ring (bicyclic) bond motifs is 1. The summed E-state index contributed by atoms with van der Waals surface area (Å²) in [5, 5.41) is 15.5. The van der Waals surface area contributed by atoms with Crippen molar-refractivity contribution in [2.45, 2.75) is 57.9 Å². The molecule has 192 valence electrons. The van der Waals surface area contributed by atoms with Gasteiger partial charge in [-0.15, -0.1) is 11.3 Å². The normalized spacial score (nSPS) is 15.6. The molecule has 0 radical (unpaired) electrons. The van der Waals surface area contributed by atoms with Gasteiger partial charge in [0, 0.05) is 45.6 Å². The lowest BCUT2D eigenvalue weighted by Gasteiger charge is -2.32. The number of aromatic nitrogens is 1. The Labute approximate surface area is 216 Å². The molecule has 2 amide bonds. The van der Waals surface area contributed by atoms with Gasteiger partial charge in [-0.2, -0.15) is 5.26 Å². The summed E-state index contributed by atoms with van der Waals surface area (Å²) < 4.78 is 6.55. The molecule has 0 unspecified atom stereocenters. The molecule has 1 aliphatic heterocycles. The molecule has 36 heavy (non-hydrogen) atoms. The Kier molecular flexibility index (Phi) is 10.1. The minimum Gasteiger partial charge on any atom is -0.381 e. The summed E-state index contributed by atoms with van der Waals surface area (Å²) >= 11 is 1.55. The second-order valence-electron chi connectivity index (χ2n) is 9.16. The topological polar surface area (TPSA) is 121 Å². The molecule has 2 N–H and O–H groups in total. The summed E-state index contributed by atoms with van der Waals surface area (Å²) in [5.41, 5.74) is 2.04. The summed E-state index contributed by atoms with van der Waals surface area (Å²) in [7, 11) is 1.56. The van der Waals surface area contributed by atoms with E-state index in [-0.39, 0.29) is 48.0 Å². The number of thiazole rings is 1. The lowest BCUT2D eigenvalue weighted by molar-refractivity contribution is -0.131. The maximum absolute atomic E-state index is 13.5. The molecule has 0 spiro atoms. The summed E-state index contributed by atoms with van der Waals surface area (Å²) in [6.45, 7) is 6.81. The van der Waals surface area contributed by atoms with Crippen LogP contribution in [0.15, 0.2) is 30.4 Å². The molecule has 0 saturated carbocycles. The number of carbonyl (C=O) groups is 3. The standard InChI is InChI=1S/C27H34N4O4S/c1-4-18-5-6-22-24(13-18)36-26(30-22)15-20(14-25(33)29-3)27(34)31-21(19-9-11-35-12-10-19)7-8-23(32)17(2)16-28/h5-6,13,19-21H,2,4,7-12,14-15H2,1,3H3,(H,29,33)(H,31,34)/t20-,21+/m0/s1. The van der Waals surface area contributed by atoms with E-state index in [4.69, 9.17) is 15.0 Å². The smallest absolute Gasteiger partial charge is 0.224 e. The Hall–Kier alpha value is -3.09. The average Bonchev–Trinajstić information content (AvgIpc) is 3.31. The van der Waals surface area contributed by atoms with Crippen LogP contribution in [0.2, 0.25) is 0 Å². The van der Waals surface area contributed by atoms with Crippen molar-refractivity contribution in [1.29, 1.82) is 5.26 Å². The summed E-state index contributed by atoms with van der Waals surface area (Å²) in [5.74, 6) is -1.20. The van der Waals surface area contributed by atoms with Crippen molar-refractivity contribution in [2.75, 3.05) is 20.3 Å². The lowest BCUT2D eigenvalue weighted by atomic mass is 9.87. The van der Waals surface area contributed by atoms with Crippen LogP contribution in [0, 0.1) is 23.2 Å². The molecule has 1 aliphatic rings. The zero-order valence-electron chi connectivity index (χ0n) is 21.0. The quantitative estimate of drug-likeness (QED) is 0.333. The van der Waals surface area contributed by atoms with Crippen LogP contribution in [0.5, 0.6) is 0 Å². The van der Waals surface area contributed by atoms with E-state index in [0.29, 0.717) is 26.1 Å². The molecule has 1 aromatic heterocycles. The van der Waals surface area contributed by atoms with Crippen LogP contribution < -0.4 is 10.6 Å². The highest BCUT2D eigenvalue weighted by atomic mass is 32.1. The van der Waals surface area contributed by atoms with E-state index in [2.05, 4.69) is 36.3 Å². The lowest BCUT2D eigenvalue weighted by Crippen LogP contribution is -2.46. The van der Waals surface area contributed by atoms with Crippen molar-refractivity contribution in [2.24, 2.45) is 11.8 Å². The van der Waals surface area contributed by atoms with Crippen molar-refractivity contribution in [3.8, 4) is 6.07 Å². The Morgan fingerprint density at radius 3 is 2.72 bits per heavy atom. The second-order valence-corrected chi connectivity index (χ2v) is 10.3. The van der Waals surface area contributed by atoms with Crippen LogP contribution in [0.1, 0.15) is 49.6 Å². The highest BCUT2D eigenvalue weighted by Crippen LogP contribution is 2.27. The van der Waals surface area contributed by atoms with Gasteiger partial charge in [0.15, 0.2) is 5.78 Å². The molecule has 9 heteroatoms. The van der Waals surface area contributed by atoms with E-state index >= 15 is 0 Å². The van der Waals surface area contributed by atoms with Crippen LogP contribution in [0.4, 0.5) is 0 Å². The molecular weight excluding hydrogens is 476 g/mol. The molecular formula is C27H34N4O4S. The van der Waals surface area contributed by atoms with Crippen molar-refractivity contribution in [3.05, 3.63) is 40.9 Å². The number of Topliss-reactive ketones (excluding diaryl/α,β-unsaturated/α-hetero) is 1. The Morgan fingerprint density at radius 1 is 1.31 bits per heavy atom. The first-order chi connectivity index (χ1) is 17.3. The molecule has 1 fully saturated rings. The van der Waals surface area contributed by atoms with E-state index < -0.39 is 5.92 Å². The number of nitriles is 1. The molecule has 0 bridgehead atoms. The Bertz CT molecular complexity index is 1150. The maximum atomic E-state index is 13.5. The predicted molar refractivity (Wildman–Crippen MR) is 139 cm³/mol. The van der Waals surface area contributed by atoms with E-state index in [1.54, 1.807) is 24.5 Å². The zero-order valence-corrected chi connectivity index (χ0v) is 21.8. The number of ether oxygens (including phenoxy) is 1. The summed E-state index contributed by atoms with van der Waals surface area (Å²) in [6, 6.07) is 7.72. The molecule has 8 nitrogen and oxygen atoms in total. The second kappa shape index (κ2) is 13.3. The number of nitrogens with zero attached hydrogens (tertiary/aromatic N) is 2. The van der Waals surface area contributed by atoms with Gasteiger partial charge in [0.25, 0.3) is 0 Å². The minimum atomic E-state index is -0.594. The average molecular weight is 511 g/mol. The van der Waals surface area contributed by atoms with Gasteiger partial charge >= 0.3 is 0 Å². The predicted octanol–water partition coefficient (Wildman–Crippen LogP) is 3.49. The molecule has 2 aromatic rings. The van der Waals surface area contributed by atoms with Gasteiger partial charge in [0.2, 0.25) is 11.8 Å². The number of nitrogens with one attached hydrogen (secondary N) is 2. The summed E-state index contributed by atoms with van der Waals surface area (Å²) in [6.07, 6.45) is 3.42. The molecule has 0 aliphatic carbocycles. The number of amides is 2. The van der Waals surface area contributed by atoms with Crippen LogP contribution in [-0.2, 0) is 32.0 Å². The molecule has 2 atom stereocenters. The third kappa shape index (κ3) is 7.45. The van der Waals surface area contributed by atoms with Crippen LogP contribution >= 0.6 is 11.3 Å². The van der Waals surface area contributed by atoms with E-state index in [1.165, 1.54) is 5.56 Å². The fourth-order valence-electron chi connectivity index (χ4n) is 4.46. The van der Waals surface area contributed by atoms with Gasteiger partial charge in [-0.25, -0.2) is 4.98 Å². The number of carbonyl (C=O) groups excluding carboxylic acids is 3. The molecule has 3 rings (SSSR count). The zero-order chi connectivity index (χ0) is 26.1. The number of hydrogen-bond donors (Lipinski definition) is 2. The largest absolute Gasteiger partial charge is 0.381 e. The van der Waals surface area contributed by atoms with Crippen LogP contribution in [-0.4, -0.2) is 48.9 Å². The van der Waals surface area contributed by atoms with E-state index in [1.807, 2.05) is 6.07 Å². The van der Waals surface area contributed by atoms with Gasteiger partial charge in [-0.05, 0) is 49.3 Å². The highest BCUT2D eigenvalue weighted by Gasteiger charge is 2.30. The van der Waals surface area contributed by atoms with Gasteiger partial charge < -0.3 is 15.4 Å². The number of rotatable bonds is 12. The monoisotopic (exact) mass is 510 g/mol. The highest BCUT2D eigenvalue weighted by molar-refractivity contribution is 7.18. The number of benzene rings is 1. The van der Waals surface area contributed by atoms with Gasteiger partial charge in [0.05, 0.1) is 26.7 Å². The Morgan fingerprint density at radius 2 is 2.06 bits per heavy atom. The minimum absolute atomic E-state index is 0.0448. The first kappa shape index (κ1) is 27.5. The van der Waals surface area contributed by atoms with Crippen molar-refractivity contribution in [1.82, 2.24) is 15.6 Å². The maximum Gasteiger partial charge on any atom is 0.224 e. The number of hydrogen-bond acceptors (Lipinski definition) is 7. The van der Waals surface area contributed by atoms with E-state index in [9.17, 15) is 14.4 Å². The first-order valence-corrected chi connectivity index (χ1v) is 13.3. The van der Waals surface area contributed by atoms with Gasteiger partial charge in [-0.1, -0.05) is 19.6 Å². The fourth-order valence-corrected chi connectivity index (χ4v) is 5.57. The third-order valence-electron chi connectivity index (χ3n) is 6.72. The number of allylic oxidation sites excluding steroid dienone is 1. The van der Waals surface area contributed by atoms with Gasteiger partial charge in [0.1, 0.15) is 6.07 Å². The van der Waals surface area contributed by atoms with Gasteiger partial charge in [-0.3, -0.25) is 14.4 Å². The van der Waals surface area contributed by atoms with Crippen LogP contribution in [0.3, 0.4) is 0 Å². The first-order valence-electron chi connectivity index (χ1n) is 12.4. The molecule has 1 saturated heterocycles. The van der Waals surface area contributed by atoms with E-state index in [0.717, 1.165) is 34.5 Å². The summed E-state index contributed by atoms with van der Waals surface area (Å²) in [4.78, 5) is 42.7. The van der Waals surface area contributed by atoms with Crippen molar-refractivity contribution < 1.29 is 19.1 Å². The molecule has 1 aromatic carbocycles. The Balaban J connectivity index is 1.77. The third-order valence-corrected chi connectivity index (χ3v) is 7.76. The number of aryl methyl sites for hydroxylation is 1. The fraction of sp³-hybridized carbons (Fsp3) is 0.519. The van der Waals surface area contributed by atoms with Crippen molar-refractivity contribution in [3.63, 3.8) is 0 Å². The van der Waals surface area contributed by atoms with Crippen molar-refractivity contribution >= 4 is 39.2 Å².